The molecule has 1 rings (SSSR count). The normalized spacial score (nSPS) is 12.6. The topological polar surface area (TPSA) is 66.4 Å². The van der Waals surface area contributed by atoms with Crippen LogP contribution >= 0.6 is 0 Å². The average molecular weight is 285 g/mol. The maximum Gasteiger partial charge on any atom is 0.211 e. The van der Waals surface area contributed by atoms with Crippen molar-refractivity contribution in [3.8, 4) is 0 Å². The van der Waals surface area contributed by atoms with Crippen LogP contribution in [0.3, 0.4) is 0 Å². The predicted octanol–water partition coefficient (Wildman–Crippen LogP) is 2.13. The van der Waals surface area contributed by atoms with Crippen LogP contribution in [0.15, 0.2) is 24.3 Å². The SMILES string of the molecule is CCCCS(=O)(=O)NCc1ccc(C(C)(C)O)cc1. The predicted molar refractivity (Wildman–Crippen MR) is 77.2 cm³/mol. The zero-order valence-electron chi connectivity index (χ0n) is 11.8. The standard InChI is InChI=1S/C14H23NO3S/c1-4-5-10-19(17,18)15-11-12-6-8-13(9-7-12)14(2,3)16/h6-9,15-16H,4-5,10-11H2,1-3H3. The average Bonchev–Trinajstić information content (AvgIpc) is 2.34. The molecule has 0 aliphatic heterocycles. The van der Waals surface area contributed by atoms with E-state index in [4.69, 9.17) is 0 Å². The van der Waals surface area contributed by atoms with Gasteiger partial charge < -0.3 is 5.11 Å². The quantitative estimate of drug-likeness (QED) is 0.806. The molecular weight excluding hydrogens is 262 g/mol. The molecule has 2 N–H and O–H groups in total. The van der Waals surface area contributed by atoms with Gasteiger partial charge in [0.15, 0.2) is 0 Å². The van der Waals surface area contributed by atoms with Gasteiger partial charge in [0.05, 0.1) is 11.4 Å². The Morgan fingerprint density at radius 3 is 2.26 bits per heavy atom. The Bertz CT molecular complexity index is 486. The van der Waals surface area contributed by atoms with Crippen molar-refractivity contribution in [2.24, 2.45) is 0 Å². The number of aliphatic hydroxyl groups is 1. The van der Waals surface area contributed by atoms with E-state index in [0.717, 1.165) is 17.5 Å². The van der Waals surface area contributed by atoms with Crippen molar-refractivity contribution in [2.75, 3.05) is 5.75 Å². The molecule has 0 heterocycles. The molecule has 108 valence electrons. The number of rotatable bonds is 7. The number of hydrogen-bond acceptors (Lipinski definition) is 3. The van der Waals surface area contributed by atoms with Gasteiger partial charge in [0, 0.05) is 6.54 Å². The van der Waals surface area contributed by atoms with Crippen molar-refractivity contribution < 1.29 is 13.5 Å². The molecule has 19 heavy (non-hydrogen) atoms. The second-order valence-electron chi connectivity index (χ2n) is 5.25. The summed E-state index contributed by atoms with van der Waals surface area (Å²) in [6.07, 6.45) is 1.54. The lowest BCUT2D eigenvalue weighted by molar-refractivity contribution is 0.0786. The van der Waals surface area contributed by atoms with E-state index in [-0.39, 0.29) is 12.3 Å². The van der Waals surface area contributed by atoms with Gasteiger partial charge in [-0.1, -0.05) is 37.6 Å². The minimum Gasteiger partial charge on any atom is -0.386 e. The van der Waals surface area contributed by atoms with E-state index >= 15 is 0 Å². The first-order valence-electron chi connectivity index (χ1n) is 6.54. The minimum atomic E-state index is -3.18. The van der Waals surface area contributed by atoms with Gasteiger partial charge in [0.25, 0.3) is 0 Å². The minimum absolute atomic E-state index is 0.172. The maximum atomic E-state index is 11.6. The van der Waals surface area contributed by atoms with Crippen LogP contribution < -0.4 is 4.72 Å². The molecule has 0 fully saturated rings. The molecule has 0 bridgehead atoms. The summed E-state index contributed by atoms with van der Waals surface area (Å²) in [6.45, 7) is 5.69. The van der Waals surface area contributed by atoms with Gasteiger partial charge in [-0.15, -0.1) is 0 Å². The summed E-state index contributed by atoms with van der Waals surface area (Å²) in [6, 6.07) is 7.29. The van der Waals surface area contributed by atoms with Crippen LogP contribution in [-0.4, -0.2) is 19.3 Å². The first-order valence-corrected chi connectivity index (χ1v) is 8.19. The highest BCUT2D eigenvalue weighted by molar-refractivity contribution is 7.89. The van der Waals surface area contributed by atoms with Crippen molar-refractivity contribution in [1.29, 1.82) is 0 Å². The molecule has 0 spiro atoms. The molecule has 1 aromatic rings. The fourth-order valence-electron chi connectivity index (χ4n) is 1.63. The van der Waals surface area contributed by atoms with Crippen LogP contribution in [0.1, 0.15) is 44.7 Å². The fourth-order valence-corrected chi connectivity index (χ4v) is 2.83. The zero-order chi connectivity index (χ0) is 14.5. The molecule has 5 heteroatoms. The largest absolute Gasteiger partial charge is 0.386 e. The molecule has 4 nitrogen and oxygen atoms in total. The number of sulfonamides is 1. The van der Waals surface area contributed by atoms with Crippen LogP contribution in [-0.2, 0) is 22.2 Å². The van der Waals surface area contributed by atoms with Crippen LogP contribution in [0, 0.1) is 0 Å². The van der Waals surface area contributed by atoms with Gasteiger partial charge in [0.2, 0.25) is 10.0 Å². The highest BCUT2D eigenvalue weighted by Gasteiger charge is 2.15. The van der Waals surface area contributed by atoms with E-state index in [0.29, 0.717) is 6.42 Å². The van der Waals surface area contributed by atoms with Crippen molar-refractivity contribution in [3.63, 3.8) is 0 Å². The number of nitrogens with one attached hydrogen (secondary N) is 1. The monoisotopic (exact) mass is 285 g/mol. The van der Waals surface area contributed by atoms with Crippen molar-refractivity contribution in [3.05, 3.63) is 35.4 Å². The third-order valence-corrected chi connectivity index (χ3v) is 4.33. The van der Waals surface area contributed by atoms with Gasteiger partial charge in [-0.2, -0.15) is 0 Å². The summed E-state index contributed by atoms with van der Waals surface area (Å²) in [5.41, 5.74) is 0.817. The number of hydrogen-bond donors (Lipinski definition) is 2. The van der Waals surface area contributed by atoms with E-state index in [9.17, 15) is 13.5 Å². The summed E-state index contributed by atoms with van der Waals surface area (Å²) >= 11 is 0. The fraction of sp³-hybridized carbons (Fsp3) is 0.571. The number of benzene rings is 1. The van der Waals surface area contributed by atoms with Crippen molar-refractivity contribution in [2.45, 2.75) is 45.8 Å². The Morgan fingerprint density at radius 2 is 1.79 bits per heavy atom. The van der Waals surface area contributed by atoms with Crippen LogP contribution in [0.2, 0.25) is 0 Å². The molecule has 0 atom stereocenters. The van der Waals surface area contributed by atoms with Gasteiger partial charge in [-0.3, -0.25) is 0 Å². The summed E-state index contributed by atoms with van der Waals surface area (Å²) in [5.74, 6) is 0.172. The highest BCUT2D eigenvalue weighted by atomic mass is 32.2. The van der Waals surface area contributed by atoms with Gasteiger partial charge in [-0.05, 0) is 31.4 Å². The smallest absolute Gasteiger partial charge is 0.211 e. The molecule has 0 aliphatic rings. The van der Waals surface area contributed by atoms with Gasteiger partial charge in [-0.25, -0.2) is 13.1 Å². The van der Waals surface area contributed by atoms with E-state index in [2.05, 4.69) is 4.72 Å². The second-order valence-corrected chi connectivity index (χ2v) is 7.18. The van der Waals surface area contributed by atoms with Crippen LogP contribution in [0.4, 0.5) is 0 Å². The first kappa shape index (κ1) is 16.1. The highest BCUT2D eigenvalue weighted by Crippen LogP contribution is 2.19. The second kappa shape index (κ2) is 6.50. The van der Waals surface area contributed by atoms with Crippen LogP contribution in [0.5, 0.6) is 0 Å². The molecule has 0 radical (unpaired) electrons. The van der Waals surface area contributed by atoms with Crippen molar-refractivity contribution in [1.82, 2.24) is 4.72 Å². The zero-order valence-corrected chi connectivity index (χ0v) is 12.6. The Hall–Kier alpha value is -0.910. The van der Waals surface area contributed by atoms with E-state index in [1.54, 1.807) is 13.8 Å². The Kier molecular flexibility index (Phi) is 5.52. The molecule has 0 amide bonds. The molecule has 0 saturated carbocycles. The molecule has 0 saturated heterocycles. The first-order chi connectivity index (χ1) is 8.74. The Morgan fingerprint density at radius 1 is 1.21 bits per heavy atom. The van der Waals surface area contributed by atoms with Crippen LogP contribution in [0.25, 0.3) is 0 Å². The van der Waals surface area contributed by atoms with E-state index in [1.807, 2.05) is 31.2 Å². The third kappa shape index (κ3) is 5.72. The summed E-state index contributed by atoms with van der Waals surface area (Å²) in [5, 5.41) is 9.82. The molecular formula is C14H23NO3S. The maximum absolute atomic E-state index is 11.6. The lowest BCUT2D eigenvalue weighted by Gasteiger charge is -2.18. The summed E-state index contributed by atoms with van der Waals surface area (Å²) < 4.78 is 25.9. The Labute approximate surface area is 115 Å². The number of unbranched alkanes of at least 4 members (excludes halogenated alkanes) is 1. The molecule has 1 aromatic carbocycles. The lowest BCUT2D eigenvalue weighted by atomic mass is 9.97. The van der Waals surface area contributed by atoms with Crippen molar-refractivity contribution >= 4 is 10.0 Å². The molecule has 0 unspecified atom stereocenters. The molecule has 0 aromatic heterocycles. The third-order valence-electron chi connectivity index (χ3n) is 2.92. The van der Waals surface area contributed by atoms with Gasteiger partial charge >= 0.3 is 0 Å². The Balaban J connectivity index is 2.60. The summed E-state index contributed by atoms with van der Waals surface area (Å²) in [7, 11) is -3.18. The van der Waals surface area contributed by atoms with E-state index < -0.39 is 15.6 Å². The summed E-state index contributed by atoms with van der Waals surface area (Å²) in [4.78, 5) is 0. The lowest BCUT2D eigenvalue weighted by Crippen LogP contribution is -2.26. The van der Waals surface area contributed by atoms with E-state index in [1.165, 1.54) is 0 Å². The van der Waals surface area contributed by atoms with Gasteiger partial charge in [0.1, 0.15) is 0 Å². The molecule has 0 aliphatic carbocycles.